The number of anilines is 2. The fourth-order valence-electron chi connectivity index (χ4n) is 2.48. The Kier molecular flexibility index (Phi) is 5.09. The van der Waals surface area contributed by atoms with Crippen LogP contribution >= 0.6 is 0 Å². The monoisotopic (exact) mass is 375 g/mol. The maximum atomic E-state index is 12.3. The van der Waals surface area contributed by atoms with Crippen LogP contribution in [-0.2, 0) is 19.9 Å². The molecule has 1 atom stereocenters. The van der Waals surface area contributed by atoms with Crippen molar-refractivity contribution in [1.82, 2.24) is 4.90 Å². The van der Waals surface area contributed by atoms with Gasteiger partial charge in [-0.1, -0.05) is 6.07 Å². The molecule has 8 nitrogen and oxygen atoms in total. The van der Waals surface area contributed by atoms with Gasteiger partial charge in [-0.25, -0.2) is 21.6 Å². The molecule has 1 aliphatic heterocycles. The SMILES string of the molecule is Cc1ccc(NS(C)(=O)=O)cc1NC(=O)N(C)[C@@H]1CCS(=O)(=O)C1. The Hall–Kier alpha value is -1.81. The summed E-state index contributed by atoms with van der Waals surface area (Å²) in [6.45, 7) is 1.78. The minimum atomic E-state index is -3.42. The van der Waals surface area contributed by atoms with Crippen molar-refractivity contribution in [3.05, 3.63) is 23.8 Å². The van der Waals surface area contributed by atoms with E-state index in [4.69, 9.17) is 0 Å². The van der Waals surface area contributed by atoms with E-state index in [0.29, 0.717) is 17.8 Å². The summed E-state index contributed by atoms with van der Waals surface area (Å²) in [4.78, 5) is 13.7. The summed E-state index contributed by atoms with van der Waals surface area (Å²) in [5, 5.41) is 2.70. The van der Waals surface area contributed by atoms with Gasteiger partial charge < -0.3 is 10.2 Å². The van der Waals surface area contributed by atoms with Crippen LogP contribution < -0.4 is 10.0 Å². The lowest BCUT2D eigenvalue weighted by molar-refractivity contribution is 0.209. The predicted octanol–water partition coefficient (Wildman–Crippen LogP) is 1.02. The van der Waals surface area contributed by atoms with Crippen molar-refractivity contribution in [2.45, 2.75) is 19.4 Å². The fraction of sp³-hybridized carbons (Fsp3) is 0.500. The van der Waals surface area contributed by atoms with Gasteiger partial charge in [-0.2, -0.15) is 0 Å². The first-order valence-corrected chi connectivity index (χ1v) is 11.0. The lowest BCUT2D eigenvalue weighted by atomic mass is 10.2. The van der Waals surface area contributed by atoms with Crippen molar-refractivity contribution in [1.29, 1.82) is 0 Å². The van der Waals surface area contributed by atoms with E-state index in [1.807, 2.05) is 0 Å². The molecule has 1 heterocycles. The number of nitrogens with one attached hydrogen (secondary N) is 2. The third kappa shape index (κ3) is 4.84. The molecule has 0 saturated carbocycles. The van der Waals surface area contributed by atoms with Gasteiger partial charge in [0.15, 0.2) is 9.84 Å². The molecule has 2 amide bonds. The van der Waals surface area contributed by atoms with Crippen LogP contribution in [0, 0.1) is 6.92 Å². The number of sulfonamides is 1. The highest BCUT2D eigenvalue weighted by Gasteiger charge is 2.32. The normalized spacial score (nSPS) is 19.7. The summed E-state index contributed by atoms with van der Waals surface area (Å²) in [5.41, 5.74) is 1.56. The topological polar surface area (TPSA) is 113 Å². The number of sulfone groups is 1. The van der Waals surface area contributed by atoms with Crippen LogP contribution in [-0.4, -0.2) is 58.6 Å². The molecule has 1 fully saturated rings. The van der Waals surface area contributed by atoms with Gasteiger partial charge >= 0.3 is 6.03 Å². The van der Waals surface area contributed by atoms with Crippen molar-refractivity contribution in [3.8, 4) is 0 Å². The zero-order valence-corrected chi connectivity index (χ0v) is 15.4. The molecular weight excluding hydrogens is 354 g/mol. The Balaban J connectivity index is 2.12. The first-order chi connectivity index (χ1) is 11.0. The molecule has 0 radical (unpaired) electrons. The molecule has 0 aromatic heterocycles. The smallest absolute Gasteiger partial charge is 0.321 e. The summed E-state index contributed by atoms with van der Waals surface area (Å²) < 4.78 is 48.0. The standard InChI is InChI=1S/C14H21N3O5S2/c1-10-4-5-11(16-23(3,19)20)8-13(10)15-14(18)17(2)12-6-7-24(21,22)9-12/h4-5,8,12,16H,6-7,9H2,1-3H3,(H,15,18)/t12-/m1/s1. The number of nitrogens with zero attached hydrogens (tertiary/aromatic N) is 1. The number of benzene rings is 1. The zero-order chi connectivity index (χ0) is 18.1. The van der Waals surface area contributed by atoms with Crippen LogP contribution in [0.2, 0.25) is 0 Å². The Bertz CT molecular complexity index is 849. The third-order valence-electron chi connectivity index (χ3n) is 3.86. The van der Waals surface area contributed by atoms with Crippen molar-refractivity contribution in [2.24, 2.45) is 0 Å². The summed E-state index contributed by atoms with van der Waals surface area (Å²) in [5.74, 6) is 0.0493. The number of hydrogen-bond acceptors (Lipinski definition) is 5. The van der Waals surface area contributed by atoms with Gasteiger partial charge in [-0.3, -0.25) is 4.72 Å². The molecule has 2 rings (SSSR count). The second kappa shape index (κ2) is 6.60. The van der Waals surface area contributed by atoms with E-state index >= 15 is 0 Å². The van der Waals surface area contributed by atoms with E-state index in [1.165, 1.54) is 11.0 Å². The van der Waals surface area contributed by atoms with Gasteiger partial charge in [0.1, 0.15) is 0 Å². The van der Waals surface area contributed by atoms with E-state index in [0.717, 1.165) is 11.8 Å². The number of urea groups is 1. The number of carbonyl (C=O) groups is 1. The van der Waals surface area contributed by atoms with Crippen LogP contribution in [0.1, 0.15) is 12.0 Å². The average Bonchev–Trinajstić information content (AvgIpc) is 2.80. The molecule has 0 aliphatic carbocycles. The number of hydrogen-bond donors (Lipinski definition) is 2. The molecule has 10 heteroatoms. The van der Waals surface area contributed by atoms with Crippen LogP contribution in [0.3, 0.4) is 0 Å². The summed E-state index contributed by atoms with van der Waals surface area (Å²) in [6.07, 6.45) is 1.46. The molecule has 1 aromatic carbocycles. The van der Waals surface area contributed by atoms with Gasteiger partial charge in [0, 0.05) is 18.8 Å². The van der Waals surface area contributed by atoms with E-state index in [-0.39, 0.29) is 17.5 Å². The van der Waals surface area contributed by atoms with Crippen molar-refractivity contribution in [3.63, 3.8) is 0 Å². The molecule has 1 aromatic rings. The van der Waals surface area contributed by atoms with Gasteiger partial charge in [-0.15, -0.1) is 0 Å². The molecule has 0 unspecified atom stereocenters. The van der Waals surface area contributed by atoms with Gasteiger partial charge in [-0.05, 0) is 31.0 Å². The molecule has 1 saturated heterocycles. The first kappa shape index (κ1) is 18.5. The van der Waals surface area contributed by atoms with Crippen LogP contribution in [0.4, 0.5) is 16.2 Å². The van der Waals surface area contributed by atoms with Gasteiger partial charge in [0.05, 0.1) is 23.4 Å². The Morgan fingerprint density at radius 3 is 2.54 bits per heavy atom. The van der Waals surface area contributed by atoms with E-state index in [1.54, 1.807) is 26.1 Å². The Labute approximate surface area is 142 Å². The van der Waals surface area contributed by atoms with Gasteiger partial charge in [0.25, 0.3) is 0 Å². The largest absolute Gasteiger partial charge is 0.324 e. The molecule has 0 spiro atoms. The third-order valence-corrected chi connectivity index (χ3v) is 6.22. The molecule has 0 bridgehead atoms. The second-order valence-electron chi connectivity index (χ2n) is 6.00. The minimum absolute atomic E-state index is 0.0361. The Morgan fingerprint density at radius 1 is 1.33 bits per heavy atom. The minimum Gasteiger partial charge on any atom is -0.324 e. The quantitative estimate of drug-likeness (QED) is 0.816. The number of aryl methyl sites for hydroxylation is 1. The Morgan fingerprint density at radius 2 is 2.00 bits per heavy atom. The van der Waals surface area contributed by atoms with Crippen LogP contribution in [0.15, 0.2) is 18.2 Å². The van der Waals surface area contributed by atoms with Crippen molar-refractivity contribution < 1.29 is 21.6 Å². The highest BCUT2D eigenvalue weighted by atomic mass is 32.2. The summed E-state index contributed by atoms with van der Waals surface area (Å²) in [6, 6.07) is 4.01. The van der Waals surface area contributed by atoms with Crippen LogP contribution in [0.5, 0.6) is 0 Å². The highest BCUT2D eigenvalue weighted by Crippen LogP contribution is 2.23. The number of carbonyl (C=O) groups excluding carboxylic acids is 1. The lowest BCUT2D eigenvalue weighted by Gasteiger charge is -2.24. The second-order valence-corrected chi connectivity index (χ2v) is 9.98. The molecule has 24 heavy (non-hydrogen) atoms. The molecule has 1 aliphatic rings. The lowest BCUT2D eigenvalue weighted by Crippen LogP contribution is -2.40. The van der Waals surface area contributed by atoms with Crippen molar-refractivity contribution in [2.75, 3.05) is 34.8 Å². The van der Waals surface area contributed by atoms with E-state index < -0.39 is 25.9 Å². The maximum Gasteiger partial charge on any atom is 0.321 e. The molecule has 2 N–H and O–H groups in total. The zero-order valence-electron chi connectivity index (χ0n) is 13.7. The maximum absolute atomic E-state index is 12.3. The predicted molar refractivity (Wildman–Crippen MR) is 93.5 cm³/mol. The fourth-order valence-corrected chi connectivity index (χ4v) is 4.81. The van der Waals surface area contributed by atoms with E-state index in [2.05, 4.69) is 10.0 Å². The average molecular weight is 375 g/mol. The van der Waals surface area contributed by atoms with Crippen LogP contribution in [0.25, 0.3) is 0 Å². The summed E-state index contributed by atoms with van der Waals surface area (Å²) >= 11 is 0. The number of amides is 2. The highest BCUT2D eigenvalue weighted by molar-refractivity contribution is 7.92. The van der Waals surface area contributed by atoms with Crippen molar-refractivity contribution >= 4 is 37.3 Å². The van der Waals surface area contributed by atoms with Gasteiger partial charge in [0.2, 0.25) is 10.0 Å². The molecule has 134 valence electrons. The molecular formula is C14H21N3O5S2. The first-order valence-electron chi connectivity index (χ1n) is 7.29. The summed E-state index contributed by atoms with van der Waals surface area (Å²) in [7, 11) is -4.95. The van der Waals surface area contributed by atoms with E-state index in [9.17, 15) is 21.6 Å². The number of rotatable bonds is 4.